The highest BCUT2D eigenvalue weighted by molar-refractivity contribution is 8.16. The van der Waals surface area contributed by atoms with Crippen molar-refractivity contribution in [1.29, 1.82) is 0 Å². The number of ether oxygens (including phenoxy) is 1. The Labute approximate surface area is 197 Å². The number of nitrogens with zero attached hydrogens (tertiary/aromatic N) is 3. The quantitative estimate of drug-likeness (QED) is 0.620. The van der Waals surface area contributed by atoms with Gasteiger partial charge in [-0.3, -0.25) is 9.78 Å². The highest BCUT2D eigenvalue weighted by atomic mass is 32.2. The molecule has 33 heavy (non-hydrogen) atoms. The van der Waals surface area contributed by atoms with Crippen LogP contribution in [0.2, 0.25) is 0 Å². The molecule has 0 saturated carbocycles. The molecule has 1 aromatic heterocycles. The van der Waals surface area contributed by atoms with E-state index in [1.807, 2.05) is 54.5 Å². The first-order valence-electron chi connectivity index (χ1n) is 10.8. The minimum absolute atomic E-state index is 0.104. The first-order chi connectivity index (χ1) is 16.0. The average molecular weight is 463 g/mol. The Bertz CT molecular complexity index is 1160. The van der Waals surface area contributed by atoms with Gasteiger partial charge in [-0.25, -0.2) is 9.79 Å². The van der Waals surface area contributed by atoms with E-state index in [1.54, 1.807) is 12.4 Å². The monoisotopic (exact) mass is 462 g/mol. The van der Waals surface area contributed by atoms with Crippen molar-refractivity contribution in [3.63, 3.8) is 0 Å². The molecule has 2 aliphatic heterocycles. The van der Waals surface area contributed by atoms with Crippen LogP contribution in [0.5, 0.6) is 0 Å². The maximum Gasteiger partial charge on any atom is 0.338 e. The van der Waals surface area contributed by atoms with Crippen LogP contribution in [0.15, 0.2) is 76.2 Å². The van der Waals surface area contributed by atoms with Gasteiger partial charge in [0.25, 0.3) is 0 Å². The molecule has 4 rings (SSSR count). The third kappa shape index (κ3) is 4.85. The number of amidine groups is 1. The molecule has 3 heterocycles. The normalized spacial score (nSPS) is 17.3. The van der Waals surface area contributed by atoms with Crippen LogP contribution in [0.3, 0.4) is 0 Å². The van der Waals surface area contributed by atoms with E-state index < -0.39 is 12.0 Å². The molecule has 0 fully saturated rings. The highest BCUT2D eigenvalue weighted by Gasteiger charge is 2.41. The van der Waals surface area contributed by atoms with Crippen LogP contribution >= 0.6 is 11.8 Å². The lowest BCUT2D eigenvalue weighted by Gasteiger charge is -2.36. The van der Waals surface area contributed by atoms with Gasteiger partial charge in [-0.1, -0.05) is 48.5 Å². The molecule has 7 nitrogen and oxygen atoms in total. The van der Waals surface area contributed by atoms with Gasteiger partial charge in [0.1, 0.15) is 0 Å². The van der Waals surface area contributed by atoms with E-state index in [2.05, 4.69) is 16.4 Å². The molecule has 1 aromatic carbocycles. The number of pyridine rings is 1. The molecule has 2 aliphatic rings. The topological polar surface area (TPSA) is 83.9 Å². The molecule has 170 valence electrons. The minimum Gasteiger partial charge on any atom is -0.466 e. The molecule has 0 bridgehead atoms. The number of methoxy groups -OCH3 is 1. The van der Waals surface area contributed by atoms with Crippen LogP contribution in [0.4, 0.5) is 0 Å². The molecule has 1 atom stereocenters. The van der Waals surface area contributed by atoms with Crippen LogP contribution in [-0.2, 0) is 20.9 Å². The van der Waals surface area contributed by atoms with E-state index in [0.29, 0.717) is 24.2 Å². The van der Waals surface area contributed by atoms with Crippen molar-refractivity contribution in [3.05, 3.63) is 87.9 Å². The zero-order valence-electron chi connectivity index (χ0n) is 18.9. The summed E-state index contributed by atoms with van der Waals surface area (Å²) in [6.07, 6.45) is 4.18. The number of nitrogens with one attached hydrogen (secondary N) is 1. The van der Waals surface area contributed by atoms with Crippen molar-refractivity contribution < 1.29 is 14.3 Å². The number of amides is 1. The second kappa shape index (κ2) is 10.0. The summed E-state index contributed by atoms with van der Waals surface area (Å²) in [6.45, 7) is 4.43. The van der Waals surface area contributed by atoms with Gasteiger partial charge < -0.3 is 15.0 Å². The fourth-order valence-electron chi connectivity index (χ4n) is 4.00. The van der Waals surface area contributed by atoms with Gasteiger partial charge in [-0.05, 0) is 42.0 Å². The number of thioether (sulfide) groups is 1. The molecule has 0 saturated heterocycles. The molecular weight excluding hydrogens is 436 g/mol. The average Bonchev–Trinajstić information content (AvgIpc) is 3.23. The number of aliphatic imine (C=N–C) groups is 1. The number of allylic oxidation sites excluding steroid dienone is 1. The molecule has 0 spiro atoms. The van der Waals surface area contributed by atoms with E-state index in [9.17, 15) is 9.59 Å². The Hall–Kier alpha value is -3.39. The summed E-state index contributed by atoms with van der Waals surface area (Å²) < 4.78 is 5.15. The zero-order valence-corrected chi connectivity index (χ0v) is 19.7. The van der Waals surface area contributed by atoms with Gasteiger partial charge in [0, 0.05) is 24.6 Å². The summed E-state index contributed by atoms with van der Waals surface area (Å²) in [7, 11) is 1.39. The number of fused-ring (bicyclic) bond motifs is 1. The Balaban J connectivity index is 1.64. The maximum absolute atomic E-state index is 12.9. The van der Waals surface area contributed by atoms with Crippen LogP contribution in [0, 0.1) is 6.92 Å². The van der Waals surface area contributed by atoms with Gasteiger partial charge in [0.05, 0.1) is 30.8 Å². The SMILES string of the molecule is CCC1=C(C(=O)OC)[C@@H](c2cccc(C)c2)N2C(CC(=O)NCc3ccncc3)=CSC2=N1. The maximum atomic E-state index is 12.9. The van der Waals surface area contributed by atoms with E-state index in [0.717, 1.165) is 27.6 Å². The summed E-state index contributed by atoms with van der Waals surface area (Å²) in [4.78, 5) is 36.4. The van der Waals surface area contributed by atoms with Crippen molar-refractivity contribution in [2.75, 3.05) is 7.11 Å². The fourth-order valence-corrected chi connectivity index (χ4v) is 4.93. The second-order valence-corrected chi connectivity index (χ2v) is 8.66. The predicted molar refractivity (Wildman–Crippen MR) is 129 cm³/mol. The summed E-state index contributed by atoms with van der Waals surface area (Å²) in [5, 5.41) is 5.68. The lowest BCUT2D eigenvalue weighted by molar-refractivity contribution is -0.136. The van der Waals surface area contributed by atoms with Gasteiger partial charge in [0.2, 0.25) is 5.91 Å². The zero-order chi connectivity index (χ0) is 23.4. The number of aromatic nitrogens is 1. The standard InChI is InChI=1S/C25H26N4O3S/c1-4-20-22(24(31)32-3)23(18-7-5-6-16(2)12-18)29-19(15-33-25(29)28-20)13-21(30)27-14-17-8-10-26-11-9-17/h5-12,15,23H,4,13-14H2,1-3H3,(H,27,30)/t23-/m1/s1. The largest absolute Gasteiger partial charge is 0.466 e. The molecule has 1 amide bonds. The number of hydrogen-bond acceptors (Lipinski definition) is 7. The number of carbonyl (C=O) groups excluding carboxylic acids is 2. The second-order valence-electron chi connectivity index (χ2n) is 7.82. The van der Waals surface area contributed by atoms with E-state index >= 15 is 0 Å². The Morgan fingerprint density at radius 1 is 1.21 bits per heavy atom. The Morgan fingerprint density at radius 3 is 2.70 bits per heavy atom. The third-order valence-electron chi connectivity index (χ3n) is 5.57. The fraction of sp³-hybridized carbons (Fsp3) is 0.280. The summed E-state index contributed by atoms with van der Waals surface area (Å²) >= 11 is 1.47. The lowest BCUT2D eigenvalue weighted by Crippen LogP contribution is -2.38. The van der Waals surface area contributed by atoms with Crippen LogP contribution in [0.1, 0.15) is 42.5 Å². The number of benzene rings is 1. The van der Waals surface area contributed by atoms with Gasteiger partial charge in [-0.2, -0.15) is 0 Å². The van der Waals surface area contributed by atoms with Gasteiger partial charge in [-0.15, -0.1) is 0 Å². The van der Waals surface area contributed by atoms with E-state index in [-0.39, 0.29) is 12.3 Å². The van der Waals surface area contributed by atoms with Gasteiger partial charge >= 0.3 is 5.97 Å². The van der Waals surface area contributed by atoms with Crippen LogP contribution in [-0.4, -0.2) is 34.0 Å². The summed E-state index contributed by atoms with van der Waals surface area (Å²) in [5.41, 5.74) is 5.05. The van der Waals surface area contributed by atoms with Crippen molar-refractivity contribution in [1.82, 2.24) is 15.2 Å². The Kier molecular flexibility index (Phi) is 6.93. The predicted octanol–water partition coefficient (Wildman–Crippen LogP) is 4.23. The lowest BCUT2D eigenvalue weighted by atomic mass is 9.92. The number of esters is 1. The number of aryl methyl sites for hydroxylation is 1. The smallest absolute Gasteiger partial charge is 0.338 e. The molecule has 1 N–H and O–H groups in total. The molecule has 2 aromatic rings. The number of rotatable bonds is 7. The molecular formula is C25H26N4O3S. The molecule has 0 radical (unpaired) electrons. The number of carbonyl (C=O) groups is 2. The molecule has 0 aliphatic carbocycles. The van der Waals surface area contributed by atoms with E-state index in [4.69, 9.17) is 9.73 Å². The van der Waals surface area contributed by atoms with Crippen molar-refractivity contribution in [2.45, 2.75) is 39.3 Å². The van der Waals surface area contributed by atoms with Crippen LogP contribution < -0.4 is 5.32 Å². The third-order valence-corrected chi connectivity index (χ3v) is 6.46. The Morgan fingerprint density at radius 2 is 2.00 bits per heavy atom. The molecule has 8 heteroatoms. The van der Waals surface area contributed by atoms with E-state index in [1.165, 1.54) is 18.9 Å². The van der Waals surface area contributed by atoms with Crippen molar-refractivity contribution in [2.24, 2.45) is 4.99 Å². The minimum atomic E-state index is -0.408. The molecule has 0 unspecified atom stereocenters. The highest BCUT2D eigenvalue weighted by Crippen LogP contribution is 2.45. The number of hydrogen-bond donors (Lipinski definition) is 1. The van der Waals surface area contributed by atoms with Crippen molar-refractivity contribution in [3.8, 4) is 0 Å². The van der Waals surface area contributed by atoms with Crippen LogP contribution in [0.25, 0.3) is 0 Å². The van der Waals surface area contributed by atoms with Crippen molar-refractivity contribution >= 4 is 28.8 Å². The first kappa shape index (κ1) is 22.8. The van der Waals surface area contributed by atoms with Gasteiger partial charge in [0.15, 0.2) is 5.17 Å². The summed E-state index contributed by atoms with van der Waals surface area (Å²) in [5.74, 6) is -0.507. The first-order valence-corrected chi connectivity index (χ1v) is 11.7. The summed E-state index contributed by atoms with van der Waals surface area (Å²) in [6, 6.07) is 11.4.